The van der Waals surface area contributed by atoms with Gasteiger partial charge in [-0.25, -0.2) is 9.59 Å². The van der Waals surface area contributed by atoms with Gasteiger partial charge in [-0.3, -0.25) is 10.1 Å². The highest BCUT2D eigenvalue weighted by molar-refractivity contribution is 6.09. The normalized spacial score (nSPS) is 10.3. The number of nitrogens with one attached hydrogen (secondary N) is 1. The number of aryl methyl sites for hydroxylation is 2. The van der Waals surface area contributed by atoms with Gasteiger partial charge in [0, 0.05) is 0 Å². The number of hydrogen-bond donors (Lipinski definition) is 1. The number of hydrogen-bond acceptors (Lipinski definition) is 7. The molecule has 28 heavy (non-hydrogen) atoms. The van der Waals surface area contributed by atoms with Crippen LogP contribution in [0.2, 0.25) is 0 Å². The molecule has 0 saturated carbocycles. The van der Waals surface area contributed by atoms with E-state index < -0.39 is 17.8 Å². The summed E-state index contributed by atoms with van der Waals surface area (Å²) in [6.45, 7) is 6.53. The molecule has 1 amide bonds. The lowest BCUT2D eigenvalue weighted by atomic mass is 10.1. The van der Waals surface area contributed by atoms with Crippen LogP contribution in [-0.2, 0) is 14.3 Å². The molecule has 1 heterocycles. The first-order valence-corrected chi connectivity index (χ1v) is 8.84. The van der Waals surface area contributed by atoms with Gasteiger partial charge in [-0.1, -0.05) is 18.2 Å². The van der Waals surface area contributed by atoms with Gasteiger partial charge in [0.1, 0.15) is 22.6 Å². The number of anilines is 1. The summed E-state index contributed by atoms with van der Waals surface area (Å²) >= 11 is 0. The van der Waals surface area contributed by atoms with Crippen molar-refractivity contribution in [3.8, 4) is 5.75 Å². The quantitative estimate of drug-likeness (QED) is 0.691. The van der Waals surface area contributed by atoms with Gasteiger partial charge in [0.05, 0.1) is 13.2 Å². The number of furan rings is 1. The highest BCUT2D eigenvalue weighted by Gasteiger charge is 2.31. The highest BCUT2D eigenvalue weighted by atomic mass is 16.5. The van der Waals surface area contributed by atoms with E-state index in [-0.39, 0.29) is 42.6 Å². The lowest BCUT2D eigenvalue weighted by Gasteiger charge is -2.09. The molecular weight excluding hydrogens is 366 g/mol. The molecule has 0 spiro atoms. The summed E-state index contributed by atoms with van der Waals surface area (Å²) in [5, 5.41) is 2.46. The molecule has 8 nitrogen and oxygen atoms in total. The summed E-state index contributed by atoms with van der Waals surface area (Å²) in [6, 6.07) is 7.24. The van der Waals surface area contributed by atoms with E-state index in [1.165, 1.54) is 6.92 Å². The Labute approximate surface area is 162 Å². The molecule has 0 fully saturated rings. The van der Waals surface area contributed by atoms with Gasteiger partial charge >= 0.3 is 11.9 Å². The van der Waals surface area contributed by atoms with Crippen LogP contribution in [0.4, 0.5) is 5.88 Å². The molecule has 1 N–H and O–H groups in total. The molecule has 0 aliphatic rings. The number of carbonyl (C=O) groups is 3. The Morgan fingerprint density at radius 2 is 1.57 bits per heavy atom. The van der Waals surface area contributed by atoms with Crippen LogP contribution in [0, 0.1) is 13.8 Å². The van der Waals surface area contributed by atoms with Crippen molar-refractivity contribution < 1.29 is 33.0 Å². The van der Waals surface area contributed by atoms with E-state index in [4.69, 9.17) is 18.6 Å². The first-order valence-electron chi connectivity index (χ1n) is 8.84. The second-order valence-electron chi connectivity index (χ2n) is 5.78. The minimum Gasteiger partial charge on any atom is -0.483 e. The lowest BCUT2D eigenvalue weighted by molar-refractivity contribution is -0.118. The van der Waals surface area contributed by atoms with E-state index in [0.717, 1.165) is 5.56 Å². The largest absolute Gasteiger partial charge is 0.483 e. The van der Waals surface area contributed by atoms with Crippen LogP contribution in [0.25, 0.3) is 0 Å². The van der Waals surface area contributed by atoms with Crippen molar-refractivity contribution in [2.75, 3.05) is 25.1 Å². The van der Waals surface area contributed by atoms with Gasteiger partial charge in [-0.05, 0) is 39.3 Å². The number of rotatable bonds is 8. The third-order valence-corrected chi connectivity index (χ3v) is 3.75. The second-order valence-corrected chi connectivity index (χ2v) is 5.78. The van der Waals surface area contributed by atoms with Gasteiger partial charge in [0.2, 0.25) is 5.88 Å². The fourth-order valence-corrected chi connectivity index (χ4v) is 2.50. The Hall–Kier alpha value is -3.29. The smallest absolute Gasteiger partial charge is 0.344 e. The number of para-hydroxylation sites is 1. The number of esters is 2. The zero-order chi connectivity index (χ0) is 20.7. The molecule has 8 heteroatoms. The van der Waals surface area contributed by atoms with Crippen molar-refractivity contribution in [3.05, 3.63) is 46.7 Å². The number of benzene rings is 1. The molecule has 0 atom stereocenters. The number of amides is 1. The zero-order valence-corrected chi connectivity index (χ0v) is 16.3. The number of ether oxygens (including phenoxy) is 3. The molecule has 2 rings (SSSR count). The Balaban J connectivity index is 2.22. The predicted molar refractivity (Wildman–Crippen MR) is 101 cm³/mol. The molecule has 0 aliphatic carbocycles. The van der Waals surface area contributed by atoms with Crippen molar-refractivity contribution in [1.29, 1.82) is 0 Å². The van der Waals surface area contributed by atoms with Crippen molar-refractivity contribution in [3.63, 3.8) is 0 Å². The third-order valence-electron chi connectivity index (χ3n) is 3.75. The van der Waals surface area contributed by atoms with E-state index in [0.29, 0.717) is 5.75 Å². The molecule has 150 valence electrons. The van der Waals surface area contributed by atoms with E-state index in [2.05, 4.69) is 5.32 Å². The van der Waals surface area contributed by atoms with E-state index in [1.807, 2.05) is 19.1 Å². The van der Waals surface area contributed by atoms with Crippen LogP contribution in [0.15, 0.2) is 28.7 Å². The molecule has 0 bridgehead atoms. The lowest BCUT2D eigenvalue weighted by Crippen LogP contribution is -2.22. The third kappa shape index (κ3) is 4.91. The van der Waals surface area contributed by atoms with Crippen molar-refractivity contribution in [2.45, 2.75) is 27.7 Å². The molecule has 1 aromatic heterocycles. The highest BCUT2D eigenvalue weighted by Crippen LogP contribution is 2.29. The fourth-order valence-electron chi connectivity index (χ4n) is 2.50. The topological polar surface area (TPSA) is 104 Å². The summed E-state index contributed by atoms with van der Waals surface area (Å²) in [7, 11) is 0. The maximum absolute atomic E-state index is 12.3. The molecule has 2 aromatic rings. The van der Waals surface area contributed by atoms with Gasteiger partial charge in [0.25, 0.3) is 5.91 Å². The molecular formula is C20H23NO7. The van der Waals surface area contributed by atoms with Crippen LogP contribution < -0.4 is 10.1 Å². The zero-order valence-electron chi connectivity index (χ0n) is 16.3. The molecule has 1 aromatic carbocycles. The second kappa shape index (κ2) is 9.59. The van der Waals surface area contributed by atoms with Gasteiger partial charge < -0.3 is 18.6 Å². The maximum Gasteiger partial charge on any atom is 0.344 e. The summed E-state index contributed by atoms with van der Waals surface area (Å²) in [5.41, 5.74) is 0.624. The summed E-state index contributed by atoms with van der Waals surface area (Å²) in [6.07, 6.45) is 0. The van der Waals surface area contributed by atoms with Crippen LogP contribution >= 0.6 is 0 Å². The fraction of sp³-hybridized carbons (Fsp3) is 0.350. The van der Waals surface area contributed by atoms with Gasteiger partial charge in [-0.15, -0.1) is 0 Å². The van der Waals surface area contributed by atoms with Crippen molar-refractivity contribution >= 4 is 23.7 Å². The maximum atomic E-state index is 12.3. The summed E-state index contributed by atoms with van der Waals surface area (Å²) in [4.78, 5) is 36.8. The van der Waals surface area contributed by atoms with Crippen molar-refractivity contribution in [1.82, 2.24) is 0 Å². The van der Waals surface area contributed by atoms with Gasteiger partial charge in [-0.2, -0.15) is 0 Å². The van der Waals surface area contributed by atoms with E-state index in [1.54, 1.807) is 26.0 Å². The minimum atomic E-state index is -0.794. The Bertz CT molecular complexity index is 869. The Morgan fingerprint density at radius 1 is 0.964 bits per heavy atom. The molecule has 0 aliphatic heterocycles. The average Bonchev–Trinajstić information content (AvgIpc) is 2.97. The van der Waals surface area contributed by atoms with Crippen LogP contribution in [0.3, 0.4) is 0 Å². The Kier molecular flexibility index (Phi) is 7.20. The number of carbonyl (C=O) groups excluding carboxylic acids is 3. The minimum absolute atomic E-state index is 0.0737. The summed E-state index contributed by atoms with van der Waals surface area (Å²) in [5.74, 6) is -1.57. The SMILES string of the molecule is CCOC(=O)c1c(C)oc(NC(=O)COc2ccccc2C)c1C(=O)OCC. The van der Waals surface area contributed by atoms with Crippen molar-refractivity contribution in [2.24, 2.45) is 0 Å². The monoisotopic (exact) mass is 389 g/mol. The Morgan fingerprint density at radius 3 is 2.18 bits per heavy atom. The van der Waals surface area contributed by atoms with Crippen LogP contribution in [-0.4, -0.2) is 37.7 Å². The van der Waals surface area contributed by atoms with Crippen LogP contribution in [0.5, 0.6) is 5.75 Å². The van der Waals surface area contributed by atoms with E-state index in [9.17, 15) is 14.4 Å². The first kappa shape index (κ1) is 21.0. The van der Waals surface area contributed by atoms with Crippen LogP contribution in [0.1, 0.15) is 45.9 Å². The molecule has 0 radical (unpaired) electrons. The van der Waals surface area contributed by atoms with E-state index >= 15 is 0 Å². The first-order chi connectivity index (χ1) is 13.4. The molecule has 0 saturated heterocycles. The molecule has 0 unspecified atom stereocenters. The van der Waals surface area contributed by atoms with Gasteiger partial charge in [0.15, 0.2) is 6.61 Å². The average molecular weight is 389 g/mol. The standard InChI is InChI=1S/C20H23NO7/c1-5-25-19(23)16-13(4)28-18(17(16)20(24)26-6-2)21-15(22)11-27-14-10-8-7-9-12(14)3/h7-10H,5-6,11H2,1-4H3,(H,21,22). The predicted octanol–water partition coefficient (Wildman–Crippen LogP) is 3.27. The summed E-state index contributed by atoms with van der Waals surface area (Å²) < 4.78 is 20.9.